The number of aliphatic hydroxyl groups excluding tert-OH is 1. The molecule has 41 heavy (non-hydrogen) atoms. The van der Waals surface area contributed by atoms with Crippen LogP contribution in [0.3, 0.4) is 0 Å². The number of alkyl halides is 3. The average molecular weight is 587 g/mol. The average Bonchev–Trinajstić information content (AvgIpc) is 3.34. The number of amides is 1. The Morgan fingerprint density at radius 2 is 1.61 bits per heavy atom. The lowest BCUT2D eigenvalue weighted by Crippen LogP contribution is -2.41. The monoisotopic (exact) mass is 586 g/mol. The van der Waals surface area contributed by atoms with Crippen molar-refractivity contribution in [1.29, 1.82) is 0 Å². The van der Waals surface area contributed by atoms with Gasteiger partial charge in [0.1, 0.15) is 6.10 Å². The van der Waals surface area contributed by atoms with Crippen LogP contribution in [0.5, 0.6) is 0 Å². The maximum atomic E-state index is 14.0. The molecular weight excluding hydrogens is 557 g/mol. The molecule has 0 spiro atoms. The van der Waals surface area contributed by atoms with E-state index in [-0.39, 0.29) is 33.0 Å². The number of morpholine rings is 1. The number of nitrogens with zero attached hydrogens (tertiary/aromatic N) is 2. The van der Waals surface area contributed by atoms with Gasteiger partial charge < -0.3 is 14.7 Å². The molecule has 216 valence electrons. The van der Waals surface area contributed by atoms with Gasteiger partial charge in [0.2, 0.25) is 0 Å². The Balaban J connectivity index is 1.75. The fourth-order valence-corrected chi connectivity index (χ4v) is 6.95. The zero-order valence-electron chi connectivity index (χ0n) is 22.7. The van der Waals surface area contributed by atoms with E-state index in [9.17, 15) is 31.5 Å². The van der Waals surface area contributed by atoms with Gasteiger partial charge >= 0.3 is 6.18 Å². The van der Waals surface area contributed by atoms with Crippen LogP contribution in [0.25, 0.3) is 10.9 Å². The van der Waals surface area contributed by atoms with Crippen molar-refractivity contribution < 1.29 is 36.2 Å². The summed E-state index contributed by atoms with van der Waals surface area (Å²) in [5.41, 5.74) is 0.567. The highest BCUT2D eigenvalue weighted by Gasteiger charge is 2.35. The molecule has 0 bridgehead atoms. The maximum absolute atomic E-state index is 14.0. The number of fused-ring (bicyclic) bond motifs is 1. The van der Waals surface area contributed by atoms with Crippen molar-refractivity contribution in [3.05, 3.63) is 99.7 Å². The van der Waals surface area contributed by atoms with Crippen LogP contribution in [0.2, 0.25) is 0 Å². The number of ether oxygens (including phenoxy) is 1. The topological polar surface area (TPSA) is 88.8 Å². The van der Waals surface area contributed by atoms with Crippen LogP contribution in [0.4, 0.5) is 13.2 Å². The largest absolute Gasteiger partial charge is 0.416 e. The Morgan fingerprint density at radius 3 is 2.24 bits per heavy atom. The standard InChI is InChI=1S/C30H29F3N2O5S/c1-18-9-10-23(29(37)34-11-13-40-14-12-34)20(3)27(18)28(36)26-17-24-19(2)15-21(30(31,32)33)16-25(24)35(26)41(38,39)22-7-5-4-6-8-22/h4-10,15-17,28,36H,11-14H2,1-3H3. The Bertz CT molecular complexity index is 1740. The van der Waals surface area contributed by atoms with Crippen molar-refractivity contribution in [2.75, 3.05) is 26.3 Å². The third-order valence-electron chi connectivity index (χ3n) is 7.53. The number of aliphatic hydroxyl groups is 1. The number of benzene rings is 3. The van der Waals surface area contributed by atoms with E-state index in [0.29, 0.717) is 48.6 Å². The molecule has 0 radical (unpaired) electrons. The number of halogens is 3. The second-order valence-electron chi connectivity index (χ2n) is 10.2. The molecule has 3 aromatic carbocycles. The summed E-state index contributed by atoms with van der Waals surface area (Å²) in [6.45, 7) is 6.49. The van der Waals surface area contributed by atoms with Gasteiger partial charge in [-0.1, -0.05) is 24.3 Å². The molecule has 1 atom stereocenters. The summed E-state index contributed by atoms with van der Waals surface area (Å²) in [6, 6.07) is 13.8. The highest BCUT2D eigenvalue weighted by atomic mass is 32.2. The predicted molar refractivity (Wildman–Crippen MR) is 147 cm³/mol. The predicted octanol–water partition coefficient (Wildman–Crippen LogP) is 5.38. The number of rotatable bonds is 5. The lowest BCUT2D eigenvalue weighted by Gasteiger charge is -2.28. The first kappa shape index (κ1) is 28.8. The van der Waals surface area contributed by atoms with E-state index in [1.165, 1.54) is 37.3 Å². The first-order valence-corrected chi connectivity index (χ1v) is 14.5. The summed E-state index contributed by atoms with van der Waals surface area (Å²) in [5, 5.41) is 12.1. The minimum Gasteiger partial charge on any atom is -0.382 e. The van der Waals surface area contributed by atoms with Gasteiger partial charge in [0, 0.05) is 24.0 Å². The molecule has 1 fully saturated rings. The van der Waals surface area contributed by atoms with Crippen LogP contribution in [-0.2, 0) is 20.9 Å². The third kappa shape index (κ3) is 5.13. The van der Waals surface area contributed by atoms with E-state index in [1.54, 1.807) is 36.9 Å². The molecule has 1 amide bonds. The molecular formula is C30H29F3N2O5S. The Hall–Kier alpha value is -3.67. The van der Waals surface area contributed by atoms with Gasteiger partial charge in [-0.05, 0) is 79.4 Å². The minimum absolute atomic E-state index is 0.131. The van der Waals surface area contributed by atoms with Gasteiger partial charge in [-0.2, -0.15) is 13.2 Å². The van der Waals surface area contributed by atoms with Gasteiger partial charge in [0.15, 0.2) is 0 Å². The molecule has 1 saturated heterocycles. The van der Waals surface area contributed by atoms with E-state index in [2.05, 4.69) is 0 Å². The number of hydrogen-bond acceptors (Lipinski definition) is 5. The summed E-state index contributed by atoms with van der Waals surface area (Å²) >= 11 is 0. The third-order valence-corrected chi connectivity index (χ3v) is 9.29. The molecule has 1 aliphatic rings. The normalized spacial score (nSPS) is 15.3. The van der Waals surface area contributed by atoms with Gasteiger partial charge in [-0.15, -0.1) is 0 Å². The molecule has 1 N–H and O–H groups in total. The highest BCUT2D eigenvalue weighted by molar-refractivity contribution is 7.90. The Labute approximate surface area is 235 Å². The first-order chi connectivity index (χ1) is 19.3. The second-order valence-corrected chi connectivity index (χ2v) is 11.9. The van der Waals surface area contributed by atoms with Crippen molar-refractivity contribution in [3.8, 4) is 0 Å². The lowest BCUT2D eigenvalue weighted by atomic mass is 9.91. The fraction of sp³-hybridized carbons (Fsp3) is 0.300. The maximum Gasteiger partial charge on any atom is 0.416 e. The number of aryl methyl sites for hydroxylation is 2. The van der Waals surface area contributed by atoms with E-state index in [1.807, 2.05) is 0 Å². The zero-order valence-corrected chi connectivity index (χ0v) is 23.5. The molecule has 5 rings (SSSR count). The van der Waals surface area contributed by atoms with Gasteiger partial charge in [0.25, 0.3) is 15.9 Å². The molecule has 0 aliphatic carbocycles. The molecule has 2 heterocycles. The second kappa shape index (κ2) is 10.6. The van der Waals surface area contributed by atoms with Gasteiger partial charge in [0.05, 0.1) is 34.9 Å². The lowest BCUT2D eigenvalue weighted by molar-refractivity contribution is -0.137. The van der Waals surface area contributed by atoms with E-state index in [4.69, 9.17) is 4.74 Å². The van der Waals surface area contributed by atoms with Crippen molar-refractivity contribution in [2.45, 2.75) is 37.9 Å². The number of carbonyl (C=O) groups is 1. The SMILES string of the molecule is Cc1ccc(C(=O)N2CCOCC2)c(C)c1C(O)c1cc2c(C)cc(C(F)(F)F)cc2n1S(=O)(=O)c1ccccc1. The van der Waals surface area contributed by atoms with Crippen molar-refractivity contribution in [2.24, 2.45) is 0 Å². The van der Waals surface area contributed by atoms with E-state index in [0.717, 1.165) is 16.1 Å². The van der Waals surface area contributed by atoms with Crippen LogP contribution >= 0.6 is 0 Å². The van der Waals surface area contributed by atoms with Gasteiger partial charge in [-0.25, -0.2) is 12.4 Å². The quantitative estimate of drug-likeness (QED) is 0.340. The van der Waals surface area contributed by atoms with Crippen LogP contribution in [-0.4, -0.2) is 54.6 Å². The summed E-state index contributed by atoms with van der Waals surface area (Å²) in [7, 11) is -4.45. The van der Waals surface area contributed by atoms with Crippen molar-refractivity contribution in [1.82, 2.24) is 8.87 Å². The van der Waals surface area contributed by atoms with Crippen LogP contribution in [0.15, 0.2) is 65.6 Å². The number of hydrogen-bond donors (Lipinski definition) is 1. The smallest absolute Gasteiger partial charge is 0.382 e. The molecule has 1 unspecified atom stereocenters. The van der Waals surface area contributed by atoms with Gasteiger partial charge in [-0.3, -0.25) is 4.79 Å². The summed E-state index contributed by atoms with van der Waals surface area (Å²) in [4.78, 5) is 14.9. The molecule has 1 aromatic heterocycles. The number of carbonyl (C=O) groups excluding carboxylic acids is 1. The van der Waals surface area contributed by atoms with Crippen LogP contribution in [0.1, 0.15) is 50.0 Å². The minimum atomic E-state index is -4.72. The zero-order chi connectivity index (χ0) is 29.7. The fourth-order valence-electron chi connectivity index (χ4n) is 5.40. The summed E-state index contributed by atoms with van der Waals surface area (Å²) in [5.74, 6) is -0.248. The first-order valence-electron chi connectivity index (χ1n) is 13.0. The highest BCUT2D eigenvalue weighted by Crippen LogP contribution is 2.39. The van der Waals surface area contributed by atoms with Crippen LogP contribution in [0, 0.1) is 20.8 Å². The van der Waals surface area contributed by atoms with Crippen LogP contribution < -0.4 is 0 Å². The van der Waals surface area contributed by atoms with Crippen molar-refractivity contribution >= 4 is 26.8 Å². The molecule has 1 aliphatic heterocycles. The Kier molecular flexibility index (Phi) is 7.47. The van der Waals surface area contributed by atoms with Crippen molar-refractivity contribution in [3.63, 3.8) is 0 Å². The molecule has 4 aromatic rings. The molecule has 0 saturated carbocycles. The Morgan fingerprint density at radius 1 is 0.951 bits per heavy atom. The summed E-state index contributed by atoms with van der Waals surface area (Å²) in [6.07, 6.45) is -6.29. The number of aromatic nitrogens is 1. The molecule has 7 nitrogen and oxygen atoms in total. The van der Waals surface area contributed by atoms with E-state index >= 15 is 0 Å². The summed E-state index contributed by atoms with van der Waals surface area (Å²) < 4.78 is 75.5. The van der Waals surface area contributed by atoms with E-state index < -0.39 is 27.9 Å². The molecule has 11 heteroatoms.